The largest absolute Gasteiger partial charge is 0.383 e. The minimum absolute atomic E-state index is 0.00451. The van der Waals surface area contributed by atoms with Crippen LogP contribution in [0.15, 0.2) is 0 Å². The zero-order valence-electron chi connectivity index (χ0n) is 10.7. The van der Waals surface area contributed by atoms with Crippen LogP contribution in [-0.2, 0) is 9.53 Å². The van der Waals surface area contributed by atoms with Gasteiger partial charge < -0.3 is 10.1 Å². The molecule has 1 saturated carbocycles. The maximum Gasteiger partial charge on any atom is 0.220 e. The number of methoxy groups -OCH3 is 1. The summed E-state index contributed by atoms with van der Waals surface area (Å²) in [5.74, 6) is 0.952. The van der Waals surface area contributed by atoms with E-state index >= 15 is 0 Å². The van der Waals surface area contributed by atoms with Crippen LogP contribution in [0.2, 0.25) is 0 Å². The number of carbonyl (C=O) groups excluding carboxylic acids is 1. The van der Waals surface area contributed by atoms with E-state index in [4.69, 9.17) is 16.3 Å². The molecule has 1 N–H and O–H groups in total. The molecule has 1 aliphatic rings. The molecule has 3 nitrogen and oxygen atoms in total. The molecule has 1 amide bonds. The highest BCUT2D eigenvalue weighted by Gasteiger charge is 2.16. The monoisotopic (exact) mass is 261 g/mol. The molecule has 1 rings (SSSR count). The Bertz CT molecular complexity index is 217. The SMILES string of the molecule is COCC(Cl)CCNC(=O)CCC1CCCC1. The number of rotatable bonds is 8. The summed E-state index contributed by atoms with van der Waals surface area (Å²) in [6.45, 7) is 1.19. The molecule has 1 atom stereocenters. The van der Waals surface area contributed by atoms with Crippen LogP contribution in [0.3, 0.4) is 0 Å². The Morgan fingerprint density at radius 2 is 2.18 bits per heavy atom. The summed E-state index contributed by atoms with van der Waals surface area (Å²) in [5.41, 5.74) is 0. The third-order valence-electron chi connectivity index (χ3n) is 3.38. The van der Waals surface area contributed by atoms with E-state index in [0.29, 0.717) is 19.6 Å². The standard InChI is InChI=1S/C13H24ClNO2/c1-17-10-12(14)8-9-15-13(16)7-6-11-4-2-3-5-11/h11-12H,2-10H2,1H3,(H,15,16). The third-order valence-corrected chi connectivity index (χ3v) is 3.73. The van der Waals surface area contributed by atoms with E-state index in [1.54, 1.807) is 7.11 Å². The highest BCUT2D eigenvalue weighted by atomic mass is 35.5. The molecular formula is C13H24ClNO2. The smallest absolute Gasteiger partial charge is 0.220 e. The van der Waals surface area contributed by atoms with Gasteiger partial charge in [-0.05, 0) is 18.8 Å². The zero-order chi connectivity index (χ0) is 12.5. The van der Waals surface area contributed by atoms with Crippen LogP contribution in [0.25, 0.3) is 0 Å². The van der Waals surface area contributed by atoms with E-state index in [0.717, 1.165) is 18.8 Å². The van der Waals surface area contributed by atoms with Crippen molar-refractivity contribution in [2.75, 3.05) is 20.3 Å². The van der Waals surface area contributed by atoms with E-state index in [2.05, 4.69) is 5.32 Å². The lowest BCUT2D eigenvalue weighted by Crippen LogP contribution is -2.27. The van der Waals surface area contributed by atoms with Gasteiger partial charge in [0.2, 0.25) is 5.91 Å². The lowest BCUT2D eigenvalue weighted by molar-refractivity contribution is -0.121. The van der Waals surface area contributed by atoms with Gasteiger partial charge in [-0.15, -0.1) is 11.6 Å². The van der Waals surface area contributed by atoms with Crippen molar-refractivity contribution < 1.29 is 9.53 Å². The second-order valence-corrected chi connectivity index (χ2v) is 5.50. The van der Waals surface area contributed by atoms with Crippen LogP contribution in [0.4, 0.5) is 0 Å². The molecule has 1 aliphatic carbocycles. The first-order valence-corrected chi connectivity index (χ1v) is 7.05. The quantitative estimate of drug-likeness (QED) is 0.683. The minimum Gasteiger partial charge on any atom is -0.383 e. The van der Waals surface area contributed by atoms with Gasteiger partial charge in [0.25, 0.3) is 0 Å². The van der Waals surface area contributed by atoms with Gasteiger partial charge in [0, 0.05) is 20.1 Å². The van der Waals surface area contributed by atoms with Gasteiger partial charge in [-0.2, -0.15) is 0 Å². The lowest BCUT2D eigenvalue weighted by atomic mass is 10.0. The molecular weight excluding hydrogens is 238 g/mol. The molecule has 1 unspecified atom stereocenters. The van der Waals surface area contributed by atoms with Crippen LogP contribution in [-0.4, -0.2) is 31.5 Å². The summed E-state index contributed by atoms with van der Waals surface area (Å²) in [5, 5.41) is 2.91. The Kier molecular flexibility index (Phi) is 7.62. The minimum atomic E-state index is -0.00451. The number of ether oxygens (including phenoxy) is 1. The predicted octanol–water partition coefficient (Wildman–Crippen LogP) is 2.72. The molecule has 1 fully saturated rings. The van der Waals surface area contributed by atoms with Crippen LogP contribution in [0.1, 0.15) is 44.9 Å². The summed E-state index contributed by atoms with van der Waals surface area (Å²) in [4.78, 5) is 11.6. The van der Waals surface area contributed by atoms with Gasteiger partial charge in [-0.1, -0.05) is 25.7 Å². The normalized spacial score (nSPS) is 18.2. The van der Waals surface area contributed by atoms with E-state index < -0.39 is 0 Å². The first kappa shape index (κ1) is 14.8. The molecule has 0 aromatic carbocycles. The fourth-order valence-corrected chi connectivity index (χ4v) is 2.59. The Labute approximate surface area is 109 Å². The van der Waals surface area contributed by atoms with E-state index in [1.165, 1.54) is 25.7 Å². The number of amides is 1. The predicted molar refractivity (Wildman–Crippen MR) is 70.3 cm³/mol. The molecule has 0 saturated heterocycles. The summed E-state index contributed by atoms with van der Waals surface area (Å²) >= 11 is 5.97. The number of hydrogen-bond acceptors (Lipinski definition) is 2. The van der Waals surface area contributed by atoms with Crippen molar-refractivity contribution in [1.29, 1.82) is 0 Å². The highest BCUT2D eigenvalue weighted by molar-refractivity contribution is 6.20. The Morgan fingerprint density at radius 3 is 2.82 bits per heavy atom. The highest BCUT2D eigenvalue weighted by Crippen LogP contribution is 2.28. The van der Waals surface area contributed by atoms with Crippen molar-refractivity contribution in [2.24, 2.45) is 5.92 Å². The second-order valence-electron chi connectivity index (χ2n) is 4.88. The van der Waals surface area contributed by atoms with Crippen molar-refractivity contribution in [3.8, 4) is 0 Å². The van der Waals surface area contributed by atoms with Crippen molar-refractivity contribution >= 4 is 17.5 Å². The summed E-state index contributed by atoms with van der Waals surface area (Å²) in [6.07, 6.45) is 7.80. The van der Waals surface area contributed by atoms with Crippen LogP contribution >= 0.6 is 11.6 Å². The fraction of sp³-hybridized carbons (Fsp3) is 0.923. The van der Waals surface area contributed by atoms with E-state index in [-0.39, 0.29) is 11.3 Å². The van der Waals surface area contributed by atoms with E-state index in [9.17, 15) is 4.79 Å². The molecule has 0 aromatic heterocycles. The van der Waals surface area contributed by atoms with Crippen molar-refractivity contribution in [3.63, 3.8) is 0 Å². The molecule has 0 spiro atoms. The Morgan fingerprint density at radius 1 is 1.47 bits per heavy atom. The van der Waals surface area contributed by atoms with Gasteiger partial charge in [0.1, 0.15) is 0 Å². The summed E-state index contributed by atoms with van der Waals surface area (Å²) in [6, 6.07) is 0. The van der Waals surface area contributed by atoms with Crippen LogP contribution < -0.4 is 5.32 Å². The molecule has 0 bridgehead atoms. The zero-order valence-corrected chi connectivity index (χ0v) is 11.5. The molecule has 17 heavy (non-hydrogen) atoms. The van der Waals surface area contributed by atoms with Gasteiger partial charge >= 0.3 is 0 Å². The maximum atomic E-state index is 11.6. The molecule has 100 valence electrons. The summed E-state index contributed by atoms with van der Waals surface area (Å²) in [7, 11) is 1.63. The van der Waals surface area contributed by atoms with Gasteiger partial charge in [0.05, 0.1) is 12.0 Å². The first-order valence-electron chi connectivity index (χ1n) is 6.62. The number of nitrogens with one attached hydrogen (secondary N) is 1. The number of halogens is 1. The molecule has 0 radical (unpaired) electrons. The van der Waals surface area contributed by atoms with E-state index in [1.807, 2.05) is 0 Å². The molecule has 0 aliphatic heterocycles. The molecule has 4 heteroatoms. The van der Waals surface area contributed by atoms with Crippen LogP contribution in [0, 0.1) is 5.92 Å². The lowest BCUT2D eigenvalue weighted by Gasteiger charge is -2.11. The average Bonchev–Trinajstić information content (AvgIpc) is 2.79. The number of hydrogen-bond donors (Lipinski definition) is 1. The molecule has 0 aromatic rings. The second kappa shape index (κ2) is 8.76. The van der Waals surface area contributed by atoms with Crippen molar-refractivity contribution in [2.45, 2.75) is 50.3 Å². The number of alkyl halides is 1. The Balaban J connectivity index is 1.97. The summed E-state index contributed by atoms with van der Waals surface area (Å²) < 4.78 is 4.93. The number of carbonyl (C=O) groups is 1. The van der Waals surface area contributed by atoms with Gasteiger partial charge in [-0.25, -0.2) is 0 Å². The van der Waals surface area contributed by atoms with Crippen molar-refractivity contribution in [1.82, 2.24) is 5.32 Å². The third kappa shape index (κ3) is 6.89. The Hall–Kier alpha value is -0.280. The average molecular weight is 262 g/mol. The van der Waals surface area contributed by atoms with Gasteiger partial charge in [0.15, 0.2) is 0 Å². The molecule has 0 heterocycles. The van der Waals surface area contributed by atoms with Gasteiger partial charge in [-0.3, -0.25) is 4.79 Å². The van der Waals surface area contributed by atoms with Crippen molar-refractivity contribution in [3.05, 3.63) is 0 Å². The van der Waals surface area contributed by atoms with Crippen LogP contribution in [0.5, 0.6) is 0 Å². The maximum absolute atomic E-state index is 11.6. The fourth-order valence-electron chi connectivity index (χ4n) is 2.36. The first-order chi connectivity index (χ1) is 8.22. The topological polar surface area (TPSA) is 38.3 Å².